The highest BCUT2D eigenvalue weighted by atomic mass is 16.6. The summed E-state index contributed by atoms with van der Waals surface area (Å²) in [6.45, 7) is 0. The highest BCUT2D eigenvalue weighted by molar-refractivity contribution is 5.32. The minimum Gasteiger partial charge on any atom is -0.275 e. The van der Waals surface area contributed by atoms with Crippen molar-refractivity contribution in [2.45, 2.75) is 12.8 Å². The number of nitro groups is 1. The van der Waals surface area contributed by atoms with Crippen LogP contribution in [0.4, 0.5) is 5.69 Å². The predicted octanol–water partition coefficient (Wildman–Crippen LogP) is 0.884. The Hall–Kier alpha value is -1.83. The smallest absolute Gasteiger partial charge is 0.275 e. The van der Waals surface area contributed by atoms with Crippen molar-refractivity contribution in [2.75, 3.05) is 0 Å². The van der Waals surface area contributed by atoms with Gasteiger partial charge in [0.1, 0.15) is 11.9 Å². The number of nitrogens with one attached hydrogen (secondary N) is 1. The van der Waals surface area contributed by atoms with Crippen molar-refractivity contribution in [2.24, 2.45) is 0 Å². The molecule has 1 N–H and O–H groups in total. The number of aryl methyl sites for hydroxylation is 1. The van der Waals surface area contributed by atoms with Gasteiger partial charge in [0.05, 0.1) is 4.92 Å². The fraction of sp³-hybridized carbons (Fsp3) is 0.286. The van der Waals surface area contributed by atoms with Crippen LogP contribution in [0.5, 0.6) is 0 Å². The van der Waals surface area contributed by atoms with Gasteiger partial charge in [-0.3, -0.25) is 15.2 Å². The zero-order valence-electron chi connectivity index (χ0n) is 6.28. The van der Waals surface area contributed by atoms with Gasteiger partial charge >= 0.3 is 5.69 Å². The standard InChI is InChI=1S/C7H7N3O2/c1-2-3-4-6-7(10(11)12)5-8-9-6/h1,5H,3-4H2,(H,8,9). The Morgan fingerprint density at radius 2 is 2.58 bits per heavy atom. The van der Waals surface area contributed by atoms with Crippen LogP contribution in [0.2, 0.25) is 0 Å². The molecule has 12 heavy (non-hydrogen) atoms. The molecule has 0 spiro atoms. The molecule has 0 bridgehead atoms. The van der Waals surface area contributed by atoms with Gasteiger partial charge in [0.25, 0.3) is 0 Å². The van der Waals surface area contributed by atoms with Crippen molar-refractivity contribution in [3.05, 3.63) is 22.0 Å². The highest BCUT2D eigenvalue weighted by Crippen LogP contribution is 2.15. The molecule has 5 nitrogen and oxygen atoms in total. The highest BCUT2D eigenvalue weighted by Gasteiger charge is 2.14. The number of hydrogen-bond acceptors (Lipinski definition) is 3. The Balaban J connectivity index is 2.79. The third-order valence-electron chi connectivity index (χ3n) is 1.41. The van der Waals surface area contributed by atoms with Crippen molar-refractivity contribution < 1.29 is 4.92 Å². The van der Waals surface area contributed by atoms with Crippen molar-refractivity contribution >= 4 is 5.69 Å². The summed E-state index contributed by atoms with van der Waals surface area (Å²) in [5.41, 5.74) is 0.489. The van der Waals surface area contributed by atoms with Crippen LogP contribution in [0.15, 0.2) is 6.20 Å². The SMILES string of the molecule is C#CCCc1[nH]ncc1[N+](=O)[O-]. The largest absolute Gasteiger partial charge is 0.309 e. The lowest BCUT2D eigenvalue weighted by Gasteiger charge is -1.90. The first-order valence-electron chi connectivity index (χ1n) is 3.36. The van der Waals surface area contributed by atoms with E-state index in [1.807, 2.05) is 0 Å². The van der Waals surface area contributed by atoms with Crippen LogP contribution >= 0.6 is 0 Å². The first-order valence-corrected chi connectivity index (χ1v) is 3.36. The van der Waals surface area contributed by atoms with Crippen LogP contribution in [0.3, 0.4) is 0 Å². The average Bonchev–Trinajstić information content (AvgIpc) is 2.48. The average molecular weight is 165 g/mol. The van der Waals surface area contributed by atoms with E-state index in [1.54, 1.807) is 0 Å². The minimum atomic E-state index is -0.477. The van der Waals surface area contributed by atoms with Gasteiger partial charge in [-0.1, -0.05) is 0 Å². The van der Waals surface area contributed by atoms with Crippen LogP contribution in [-0.4, -0.2) is 15.1 Å². The second-order valence-electron chi connectivity index (χ2n) is 2.20. The molecule has 0 saturated heterocycles. The summed E-state index contributed by atoms with van der Waals surface area (Å²) < 4.78 is 0. The lowest BCUT2D eigenvalue weighted by atomic mass is 10.2. The topological polar surface area (TPSA) is 71.8 Å². The van der Waals surface area contributed by atoms with E-state index in [-0.39, 0.29) is 5.69 Å². The molecule has 0 unspecified atom stereocenters. The van der Waals surface area contributed by atoms with Gasteiger partial charge in [-0.25, -0.2) is 0 Å². The Kier molecular flexibility index (Phi) is 2.43. The van der Waals surface area contributed by atoms with Crippen molar-refractivity contribution in [3.8, 4) is 12.3 Å². The number of nitrogens with zero attached hydrogens (tertiary/aromatic N) is 2. The van der Waals surface area contributed by atoms with Crippen molar-refractivity contribution in [3.63, 3.8) is 0 Å². The molecule has 1 heterocycles. The van der Waals surface area contributed by atoms with Crippen LogP contribution in [0.1, 0.15) is 12.1 Å². The Bertz CT molecular complexity index is 324. The third kappa shape index (κ3) is 1.61. The zero-order valence-corrected chi connectivity index (χ0v) is 6.28. The summed E-state index contributed by atoms with van der Waals surface area (Å²) >= 11 is 0. The summed E-state index contributed by atoms with van der Waals surface area (Å²) in [6, 6.07) is 0. The predicted molar refractivity (Wildman–Crippen MR) is 42.4 cm³/mol. The molecule has 0 amide bonds. The number of aromatic amines is 1. The van der Waals surface area contributed by atoms with E-state index in [0.29, 0.717) is 18.5 Å². The summed E-state index contributed by atoms with van der Waals surface area (Å²) in [6.07, 6.45) is 7.14. The quantitative estimate of drug-likeness (QED) is 0.410. The van der Waals surface area contributed by atoms with Crippen LogP contribution in [-0.2, 0) is 6.42 Å². The molecule has 1 aromatic rings. The molecule has 0 aliphatic rings. The number of rotatable bonds is 3. The van der Waals surface area contributed by atoms with Gasteiger partial charge in [-0.05, 0) is 0 Å². The van der Waals surface area contributed by atoms with Gasteiger partial charge in [0.15, 0.2) is 0 Å². The fourth-order valence-corrected chi connectivity index (χ4v) is 0.845. The van der Waals surface area contributed by atoms with E-state index in [1.165, 1.54) is 6.20 Å². The number of aromatic nitrogens is 2. The second kappa shape index (κ2) is 3.53. The normalized spacial score (nSPS) is 9.25. The monoisotopic (exact) mass is 165 g/mol. The Morgan fingerprint density at radius 3 is 3.17 bits per heavy atom. The van der Waals surface area contributed by atoms with Gasteiger partial charge in [0.2, 0.25) is 0 Å². The van der Waals surface area contributed by atoms with Crippen molar-refractivity contribution in [1.29, 1.82) is 0 Å². The maximum atomic E-state index is 10.3. The Morgan fingerprint density at radius 1 is 1.83 bits per heavy atom. The molecule has 1 rings (SSSR count). The molecule has 5 heteroatoms. The molecule has 62 valence electrons. The molecule has 0 atom stereocenters. The molecule has 0 saturated carbocycles. The Labute approximate surface area is 68.9 Å². The second-order valence-corrected chi connectivity index (χ2v) is 2.20. The van der Waals surface area contributed by atoms with E-state index < -0.39 is 4.92 Å². The van der Waals surface area contributed by atoms with Crippen LogP contribution < -0.4 is 0 Å². The molecular formula is C7H7N3O2. The van der Waals surface area contributed by atoms with Crippen LogP contribution in [0.25, 0.3) is 0 Å². The summed E-state index contributed by atoms with van der Waals surface area (Å²) in [4.78, 5) is 9.86. The summed E-state index contributed by atoms with van der Waals surface area (Å²) in [5, 5.41) is 16.4. The maximum absolute atomic E-state index is 10.3. The lowest BCUT2D eigenvalue weighted by molar-refractivity contribution is -0.385. The van der Waals surface area contributed by atoms with E-state index >= 15 is 0 Å². The van der Waals surface area contributed by atoms with Gasteiger partial charge in [-0.2, -0.15) is 5.10 Å². The molecule has 1 aromatic heterocycles. The van der Waals surface area contributed by atoms with E-state index in [4.69, 9.17) is 6.42 Å². The van der Waals surface area contributed by atoms with Gasteiger partial charge in [0, 0.05) is 12.8 Å². The fourth-order valence-electron chi connectivity index (χ4n) is 0.845. The first-order chi connectivity index (χ1) is 5.75. The third-order valence-corrected chi connectivity index (χ3v) is 1.41. The van der Waals surface area contributed by atoms with Crippen LogP contribution in [0, 0.1) is 22.5 Å². The molecule has 0 aliphatic heterocycles. The number of hydrogen-bond donors (Lipinski definition) is 1. The maximum Gasteiger partial charge on any atom is 0.309 e. The van der Waals surface area contributed by atoms with E-state index in [9.17, 15) is 10.1 Å². The van der Waals surface area contributed by atoms with E-state index in [0.717, 1.165) is 0 Å². The molecule has 0 aromatic carbocycles. The number of H-pyrrole nitrogens is 1. The van der Waals surface area contributed by atoms with Crippen molar-refractivity contribution in [1.82, 2.24) is 10.2 Å². The zero-order chi connectivity index (χ0) is 8.97. The van der Waals surface area contributed by atoms with Gasteiger partial charge < -0.3 is 0 Å². The first kappa shape index (κ1) is 8.27. The summed E-state index contributed by atoms with van der Waals surface area (Å²) in [5.74, 6) is 2.40. The lowest BCUT2D eigenvalue weighted by Crippen LogP contribution is -1.92. The van der Waals surface area contributed by atoms with Gasteiger partial charge in [-0.15, -0.1) is 12.3 Å². The number of terminal acetylenes is 1. The molecule has 0 fully saturated rings. The summed E-state index contributed by atoms with van der Waals surface area (Å²) in [7, 11) is 0. The molecule has 0 aliphatic carbocycles. The van der Waals surface area contributed by atoms with E-state index in [2.05, 4.69) is 16.1 Å². The minimum absolute atomic E-state index is 0.00486. The molecular weight excluding hydrogens is 158 g/mol. The molecule has 0 radical (unpaired) electrons.